The van der Waals surface area contributed by atoms with Crippen molar-refractivity contribution >= 4 is 11.8 Å². The first-order valence-corrected chi connectivity index (χ1v) is 9.52. The van der Waals surface area contributed by atoms with Crippen LogP contribution >= 0.6 is 0 Å². The third kappa shape index (κ3) is 3.89. The molecule has 2 fully saturated rings. The number of carbonyl (C=O) groups is 2. The molecule has 1 aromatic heterocycles. The maximum absolute atomic E-state index is 12.9. The standard InChI is InChI=1S/C21H24N2O5/c1-15-11-17(12-26-16-5-3-2-4-6-16)28-19(15)20(25)23-9-7-21(8-10-23)14-22-18(24)13-27-21/h2-6,11H,7-10,12-14H2,1H3,(H,22,24). The van der Waals surface area contributed by atoms with Crippen LogP contribution in [0.25, 0.3) is 0 Å². The van der Waals surface area contributed by atoms with Gasteiger partial charge in [0.1, 0.15) is 24.7 Å². The number of morpholine rings is 1. The van der Waals surface area contributed by atoms with Gasteiger partial charge in [-0.05, 0) is 38.0 Å². The summed E-state index contributed by atoms with van der Waals surface area (Å²) in [7, 11) is 0. The zero-order chi connectivity index (χ0) is 19.6. The molecular formula is C21H24N2O5. The van der Waals surface area contributed by atoms with Crippen molar-refractivity contribution in [2.75, 3.05) is 26.2 Å². The number of hydrogen-bond acceptors (Lipinski definition) is 5. The number of hydrogen-bond donors (Lipinski definition) is 1. The van der Waals surface area contributed by atoms with E-state index in [1.165, 1.54) is 0 Å². The minimum absolute atomic E-state index is 0.0828. The molecule has 148 valence electrons. The summed E-state index contributed by atoms with van der Waals surface area (Å²) in [6.45, 7) is 3.89. The van der Waals surface area contributed by atoms with Gasteiger partial charge in [0.2, 0.25) is 5.91 Å². The molecule has 0 unspecified atom stereocenters. The molecule has 7 heteroatoms. The first-order valence-electron chi connectivity index (χ1n) is 9.52. The predicted octanol–water partition coefficient (Wildman–Crippen LogP) is 2.29. The topological polar surface area (TPSA) is 81.0 Å². The second-order valence-corrected chi connectivity index (χ2v) is 7.37. The normalized spacial score (nSPS) is 18.8. The van der Waals surface area contributed by atoms with Gasteiger partial charge in [0, 0.05) is 25.2 Å². The van der Waals surface area contributed by atoms with Crippen LogP contribution in [0.5, 0.6) is 5.75 Å². The molecule has 0 radical (unpaired) electrons. The smallest absolute Gasteiger partial charge is 0.289 e. The average Bonchev–Trinajstić information content (AvgIpc) is 3.10. The van der Waals surface area contributed by atoms with Gasteiger partial charge in [-0.1, -0.05) is 18.2 Å². The van der Waals surface area contributed by atoms with Crippen molar-refractivity contribution in [2.45, 2.75) is 32.0 Å². The Morgan fingerprint density at radius 3 is 2.68 bits per heavy atom. The summed E-state index contributed by atoms with van der Waals surface area (Å²) in [6, 6.07) is 11.3. The molecule has 1 N–H and O–H groups in total. The molecule has 0 aliphatic carbocycles. The van der Waals surface area contributed by atoms with Gasteiger partial charge in [0.15, 0.2) is 5.76 Å². The number of nitrogens with one attached hydrogen (secondary N) is 1. The highest BCUT2D eigenvalue weighted by Gasteiger charge is 2.40. The highest BCUT2D eigenvalue weighted by atomic mass is 16.5. The number of piperidine rings is 1. The molecule has 7 nitrogen and oxygen atoms in total. The zero-order valence-electron chi connectivity index (χ0n) is 15.9. The summed E-state index contributed by atoms with van der Waals surface area (Å²) in [6.07, 6.45) is 1.39. The Labute approximate surface area is 163 Å². The number of rotatable bonds is 4. The van der Waals surface area contributed by atoms with Crippen molar-refractivity contribution in [3.8, 4) is 5.75 Å². The Bertz CT molecular complexity index is 841. The van der Waals surface area contributed by atoms with Crippen LogP contribution in [-0.2, 0) is 16.1 Å². The lowest BCUT2D eigenvalue weighted by atomic mass is 9.90. The van der Waals surface area contributed by atoms with E-state index in [0.717, 1.165) is 11.3 Å². The average molecular weight is 384 g/mol. The molecule has 4 rings (SSSR count). The summed E-state index contributed by atoms with van der Waals surface area (Å²) in [4.78, 5) is 26.0. The molecule has 2 saturated heterocycles. The van der Waals surface area contributed by atoms with E-state index >= 15 is 0 Å². The molecule has 0 atom stereocenters. The number of nitrogens with zero attached hydrogens (tertiary/aromatic N) is 1. The summed E-state index contributed by atoms with van der Waals surface area (Å²) in [5.41, 5.74) is 0.454. The van der Waals surface area contributed by atoms with Gasteiger partial charge >= 0.3 is 0 Å². The molecule has 2 aliphatic rings. The van der Waals surface area contributed by atoms with Crippen molar-refractivity contribution in [1.29, 1.82) is 0 Å². The Balaban J connectivity index is 1.36. The van der Waals surface area contributed by atoms with Gasteiger partial charge in [0.05, 0.1) is 5.60 Å². The van der Waals surface area contributed by atoms with Gasteiger partial charge in [-0.2, -0.15) is 0 Å². The second-order valence-electron chi connectivity index (χ2n) is 7.37. The van der Waals surface area contributed by atoms with E-state index in [2.05, 4.69) is 5.32 Å². The summed E-state index contributed by atoms with van der Waals surface area (Å²) >= 11 is 0. The number of amides is 2. The fraction of sp³-hybridized carbons (Fsp3) is 0.429. The number of aryl methyl sites for hydroxylation is 1. The van der Waals surface area contributed by atoms with E-state index < -0.39 is 0 Å². The van der Waals surface area contributed by atoms with Gasteiger partial charge < -0.3 is 24.1 Å². The van der Waals surface area contributed by atoms with E-state index in [9.17, 15) is 9.59 Å². The SMILES string of the molecule is Cc1cc(COc2ccccc2)oc1C(=O)N1CCC2(CC1)CNC(=O)CO2. The predicted molar refractivity (Wildman–Crippen MR) is 101 cm³/mol. The lowest BCUT2D eigenvalue weighted by Gasteiger charge is -2.43. The molecular weight excluding hydrogens is 360 g/mol. The van der Waals surface area contributed by atoms with Gasteiger partial charge in [0.25, 0.3) is 5.91 Å². The van der Waals surface area contributed by atoms with E-state index in [4.69, 9.17) is 13.9 Å². The fourth-order valence-corrected chi connectivity index (χ4v) is 3.67. The van der Waals surface area contributed by atoms with Crippen molar-refractivity contribution in [3.63, 3.8) is 0 Å². The van der Waals surface area contributed by atoms with Crippen LogP contribution in [0.1, 0.15) is 34.7 Å². The third-order valence-corrected chi connectivity index (χ3v) is 5.37. The zero-order valence-corrected chi connectivity index (χ0v) is 15.9. The highest BCUT2D eigenvalue weighted by Crippen LogP contribution is 2.29. The van der Waals surface area contributed by atoms with Crippen molar-refractivity contribution in [1.82, 2.24) is 10.2 Å². The Kier molecular flexibility index (Phi) is 5.09. The van der Waals surface area contributed by atoms with E-state index in [-0.39, 0.29) is 30.6 Å². The summed E-state index contributed by atoms with van der Waals surface area (Å²) in [5.74, 6) is 1.54. The molecule has 1 aromatic carbocycles. The monoisotopic (exact) mass is 384 g/mol. The van der Waals surface area contributed by atoms with Crippen LogP contribution in [0.3, 0.4) is 0 Å². The molecule has 2 aliphatic heterocycles. The highest BCUT2D eigenvalue weighted by molar-refractivity contribution is 5.93. The molecule has 3 heterocycles. The number of likely N-dealkylation sites (tertiary alicyclic amines) is 1. The number of carbonyl (C=O) groups excluding carboxylic acids is 2. The van der Waals surface area contributed by atoms with E-state index in [0.29, 0.717) is 44.0 Å². The van der Waals surface area contributed by atoms with Crippen molar-refractivity contribution in [3.05, 3.63) is 53.5 Å². The quantitative estimate of drug-likeness (QED) is 0.875. The fourth-order valence-electron chi connectivity index (χ4n) is 3.67. The molecule has 2 aromatic rings. The van der Waals surface area contributed by atoms with Crippen molar-refractivity contribution in [2.24, 2.45) is 0 Å². The van der Waals surface area contributed by atoms with E-state index in [1.807, 2.05) is 43.3 Å². The van der Waals surface area contributed by atoms with Crippen LogP contribution in [0.15, 0.2) is 40.8 Å². The largest absolute Gasteiger partial charge is 0.486 e. The Morgan fingerprint density at radius 2 is 2.00 bits per heavy atom. The molecule has 0 saturated carbocycles. The van der Waals surface area contributed by atoms with Gasteiger partial charge in [-0.15, -0.1) is 0 Å². The van der Waals surface area contributed by atoms with Crippen LogP contribution in [-0.4, -0.2) is 48.6 Å². The van der Waals surface area contributed by atoms with Gasteiger partial charge in [-0.25, -0.2) is 0 Å². The minimum atomic E-state index is -0.350. The number of furan rings is 1. The number of ether oxygens (including phenoxy) is 2. The second kappa shape index (κ2) is 7.67. The van der Waals surface area contributed by atoms with Crippen LogP contribution in [0.4, 0.5) is 0 Å². The maximum Gasteiger partial charge on any atom is 0.289 e. The molecule has 2 amide bonds. The lowest BCUT2D eigenvalue weighted by Crippen LogP contribution is -2.58. The van der Waals surface area contributed by atoms with Gasteiger partial charge in [-0.3, -0.25) is 9.59 Å². The Hall–Kier alpha value is -2.80. The summed E-state index contributed by atoms with van der Waals surface area (Å²) < 4.78 is 17.3. The van der Waals surface area contributed by atoms with E-state index in [1.54, 1.807) is 4.90 Å². The molecule has 28 heavy (non-hydrogen) atoms. The first kappa shape index (κ1) is 18.6. The van der Waals surface area contributed by atoms with Crippen molar-refractivity contribution < 1.29 is 23.5 Å². The maximum atomic E-state index is 12.9. The van der Waals surface area contributed by atoms with Crippen LogP contribution < -0.4 is 10.1 Å². The van der Waals surface area contributed by atoms with Crippen LogP contribution in [0, 0.1) is 6.92 Å². The first-order chi connectivity index (χ1) is 13.5. The molecule has 0 bridgehead atoms. The summed E-state index contributed by atoms with van der Waals surface area (Å²) in [5, 5.41) is 2.86. The van der Waals surface area contributed by atoms with Crippen LogP contribution in [0.2, 0.25) is 0 Å². The lowest BCUT2D eigenvalue weighted by molar-refractivity contribution is -0.149. The number of para-hydroxylation sites is 1. The Morgan fingerprint density at radius 1 is 1.25 bits per heavy atom. The number of benzene rings is 1. The minimum Gasteiger partial charge on any atom is -0.486 e. The third-order valence-electron chi connectivity index (χ3n) is 5.37. The molecule has 1 spiro atoms.